The summed E-state index contributed by atoms with van der Waals surface area (Å²) in [5.41, 5.74) is -0.697. The molecule has 1 aliphatic carbocycles. The van der Waals surface area contributed by atoms with E-state index in [1.807, 2.05) is 30.9 Å². The first kappa shape index (κ1) is 16.9. The van der Waals surface area contributed by atoms with E-state index in [4.69, 9.17) is 0 Å². The van der Waals surface area contributed by atoms with E-state index in [1.54, 1.807) is 0 Å². The van der Waals surface area contributed by atoms with Crippen LogP contribution in [0, 0.1) is 17.2 Å². The molecule has 0 unspecified atom stereocenters. The zero-order valence-electron chi connectivity index (χ0n) is 14.5. The van der Waals surface area contributed by atoms with Gasteiger partial charge in [-0.25, -0.2) is 4.98 Å². The molecule has 2 heterocycles. The van der Waals surface area contributed by atoms with Crippen LogP contribution >= 0.6 is 0 Å². The van der Waals surface area contributed by atoms with Gasteiger partial charge in [0.25, 0.3) is 0 Å². The second-order valence-corrected chi connectivity index (χ2v) is 7.14. The third kappa shape index (κ3) is 3.94. The van der Waals surface area contributed by atoms with Crippen molar-refractivity contribution >= 4 is 5.91 Å². The van der Waals surface area contributed by atoms with E-state index in [9.17, 15) is 10.1 Å². The Labute approximate surface area is 143 Å². The van der Waals surface area contributed by atoms with Gasteiger partial charge in [-0.05, 0) is 25.7 Å². The van der Waals surface area contributed by atoms with Gasteiger partial charge in [-0.1, -0.05) is 0 Å². The van der Waals surface area contributed by atoms with Gasteiger partial charge in [0.1, 0.15) is 11.4 Å². The number of piperazine rings is 1. The lowest BCUT2D eigenvalue weighted by molar-refractivity contribution is -0.124. The molecular formula is C17H26N6O. The van der Waals surface area contributed by atoms with Crippen molar-refractivity contribution in [2.24, 2.45) is 13.0 Å². The predicted molar refractivity (Wildman–Crippen MR) is 89.8 cm³/mol. The number of carbonyl (C=O) groups excluding carboxylic acids is 1. The zero-order chi connectivity index (χ0) is 17.2. The van der Waals surface area contributed by atoms with Gasteiger partial charge in [-0.3, -0.25) is 14.6 Å². The summed E-state index contributed by atoms with van der Waals surface area (Å²) in [5.74, 6) is 1.35. The van der Waals surface area contributed by atoms with Crippen LogP contribution in [0.4, 0.5) is 0 Å². The summed E-state index contributed by atoms with van der Waals surface area (Å²) in [7, 11) is 2.01. The van der Waals surface area contributed by atoms with Crippen molar-refractivity contribution in [3.8, 4) is 6.07 Å². The Bertz CT molecular complexity index is 623. The molecule has 0 aromatic carbocycles. The van der Waals surface area contributed by atoms with E-state index in [0.717, 1.165) is 51.4 Å². The first-order valence-corrected chi connectivity index (χ1v) is 8.63. The number of nitrogens with zero attached hydrogens (tertiary/aromatic N) is 5. The monoisotopic (exact) mass is 330 g/mol. The van der Waals surface area contributed by atoms with Crippen molar-refractivity contribution in [3.63, 3.8) is 0 Å². The van der Waals surface area contributed by atoms with Gasteiger partial charge in [0, 0.05) is 45.6 Å². The summed E-state index contributed by atoms with van der Waals surface area (Å²) in [6.07, 6.45) is 5.86. The minimum Gasteiger partial charge on any atom is -0.337 e. The fourth-order valence-corrected chi connectivity index (χ4v) is 3.27. The smallest absolute Gasteiger partial charge is 0.235 e. The van der Waals surface area contributed by atoms with Crippen molar-refractivity contribution in [1.82, 2.24) is 24.7 Å². The number of nitriles is 1. The molecule has 0 radical (unpaired) electrons. The average Bonchev–Trinajstić information content (AvgIpc) is 3.35. The van der Waals surface area contributed by atoms with Crippen molar-refractivity contribution in [1.29, 1.82) is 5.26 Å². The van der Waals surface area contributed by atoms with Crippen LogP contribution in [-0.2, 0) is 18.4 Å². The lowest BCUT2D eigenvalue weighted by atomic mass is 9.98. The number of aromatic nitrogens is 2. The molecule has 1 N–H and O–H groups in total. The first-order chi connectivity index (χ1) is 11.5. The molecule has 1 atom stereocenters. The number of hydrogen-bond donors (Lipinski definition) is 1. The van der Waals surface area contributed by atoms with Gasteiger partial charge >= 0.3 is 0 Å². The molecule has 7 heteroatoms. The standard InChI is InChI=1S/C17H26N6O/c1-17(13-18,14-3-4-14)20-16(24)12-23-9-7-22(8-10-23)11-15-19-5-6-21(15)2/h5-6,14H,3-4,7-12H2,1-2H3,(H,20,24)/t17-/m1/s1. The number of imidazole rings is 1. The highest BCUT2D eigenvalue weighted by Gasteiger charge is 2.43. The second kappa shape index (κ2) is 6.91. The molecular weight excluding hydrogens is 304 g/mol. The number of aryl methyl sites for hydroxylation is 1. The van der Waals surface area contributed by atoms with Gasteiger partial charge in [0.15, 0.2) is 0 Å². The Balaban J connectivity index is 1.43. The van der Waals surface area contributed by atoms with Crippen molar-refractivity contribution in [2.45, 2.75) is 31.8 Å². The normalized spacial score (nSPS) is 21.9. The molecule has 1 saturated carbocycles. The number of hydrogen-bond acceptors (Lipinski definition) is 5. The molecule has 2 aliphatic rings. The van der Waals surface area contributed by atoms with E-state index in [-0.39, 0.29) is 5.91 Å². The molecule has 1 aliphatic heterocycles. The predicted octanol–water partition coefficient (Wildman–Crippen LogP) is 0.346. The average molecular weight is 330 g/mol. The van der Waals surface area contributed by atoms with Crippen molar-refractivity contribution in [3.05, 3.63) is 18.2 Å². The number of rotatable bonds is 6. The van der Waals surface area contributed by atoms with Gasteiger partial charge in [0.2, 0.25) is 5.91 Å². The van der Waals surface area contributed by atoms with Crippen LogP contribution in [-0.4, -0.2) is 63.5 Å². The van der Waals surface area contributed by atoms with E-state index in [2.05, 4.69) is 26.2 Å². The lowest BCUT2D eigenvalue weighted by Crippen LogP contribution is -2.53. The molecule has 24 heavy (non-hydrogen) atoms. The minimum atomic E-state index is -0.697. The Hall–Kier alpha value is -1.91. The summed E-state index contributed by atoms with van der Waals surface area (Å²) in [4.78, 5) is 21.2. The molecule has 7 nitrogen and oxygen atoms in total. The summed E-state index contributed by atoms with van der Waals surface area (Å²) in [6.45, 7) is 6.65. The van der Waals surface area contributed by atoms with Crippen LogP contribution in [0.1, 0.15) is 25.6 Å². The van der Waals surface area contributed by atoms with Crippen LogP contribution in [0.25, 0.3) is 0 Å². The quantitative estimate of drug-likeness (QED) is 0.814. The summed E-state index contributed by atoms with van der Waals surface area (Å²) in [5, 5.41) is 12.3. The summed E-state index contributed by atoms with van der Waals surface area (Å²) >= 11 is 0. The van der Waals surface area contributed by atoms with Gasteiger partial charge in [-0.15, -0.1) is 0 Å². The van der Waals surface area contributed by atoms with Gasteiger partial charge < -0.3 is 9.88 Å². The number of nitrogens with one attached hydrogen (secondary N) is 1. The molecule has 1 aromatic heterocycles. The largest absolute Gasteiger partial charge is 0.337 e. The van der Waals surface area contributed by atoms with E-state index < -0.39 is 5.54 Å². The van der Waals surface area contributed by atoms with Crippen LogP contribution in [0.3, 0.4) is 0 Å². The van der Waals surface area contributed by atoms with Gasteiger partial charge in [0.05, 0.1) is 19.2 Å². The molecule has 2 fully saturated rings. The minimum absolute atomic E-state index is 0.0384. The van der Waals surface area contributed by atoms with E-state index in [0.29, 0.717) is 12.5 Å². The molecule has 1 aromatic rings. The topological polar surface area (TPSA) is 77.2 Å². The maximum atomic E-state index is 12.3. The maximum absolute atomic E-state index is 12.3. The fraction of sp³-hybridized carbons (Fsp3) is 0.706. The fourth-order valence-electron chi connectivity index (χ4n) is 3.27. The van der Waals surface area contributed by atoms with Crippen molar-refractivity contribution in [2.75, 3.05) is 32.7 Å². The molecule has 3 rings (SSSR count). The molecule has 0 spiro atoms. The van der Waals surface area contributed by atoms with E-state index >= 15 is 0 Å². The van der Waals surface area contributed by atoms with Crippen LogP contribution < -0.4 is 5.32 Å². The van der Waals surface area contributed by atoms with Crippen LogP contribution in [0.15, 0.2) is 12.4 Å². The second-order valence-electron chi connectivity index (χ2n) is 7.14. The Morgan fingerprint density at radius 1 is 1.38 bits per heavy atom. The third-order valence-electron chi connectivity index (χ3n) is 5.14. The number of carbonyl (C=O) groups is 1. The van der Waals surface area contributed by atoms with Crippen molar-refractivity contribution < 1.29 is 4.79 Å². The number of amides is 1. The summed E-state index contributed by atoms with van der Waals surface area (Å²) in [6, 6.07) is 2.28. The Kier molecular flexibility index (Phi) is 4.88. The maximum Gasteiger partial charge on any atom is 0.235 e. The van der Waals surface area contributed by atoms with Crippen LogP contribution in [0.2, 0.25) is 0 Å². The Morgan fingerprint density at radius 2 is 2.04 bits per heavy atom. The third-order valence-corrected chi connectivity index (χ3v) is 5.14. The molecule has 0 bridgehead atoms. The highest BCUT2D eigenvalue weighted by molar-refractivity contribution is 5.79. The van der Waals surface area contributed by atoms with E-state index in [1.165, 1.54) is 0 Å². The summed E-state index contributed by atoms with van der Waals surface area (Å²) < 4.78 is 2.04. The highest BCUT2D eigenvalue weighted by Crippen LogP contribution is 2.39. The molecule has 1 amide bonds. The SMILES string of the molecule is Cn1ccnc1CN1CCN(CC(=O)N[C@](C)(C#N)C2CC2)CC1. The first-order valence-electron chi connectivity index (χ1n) is 8.63. The molecule has 1 saturated heterocycles. The lowest BCUT2D eigenvalue weighted by Gasteiger charge is -2.34. The Morgan fingerprint density at radius 3 is 2.58 bits per heavy atom. The highest BCUT2D eigenvalue weighted by atomic mass is 16.2. The zero-order valence-corrected chi connectivity index (χ0v) is 14.5. The van der Waals surface area contributed by atoms with Crippen LogP contribution in [0.5, 0.6) is 0 Å². The van der Waals surface area contributed by atoms with Gasteiger partial charge in [-0.2, -0.15) is 5.26 Å². The molecule has 130 valence electrons.